The Bertz CT molecular complexity index is 554. The van der Waals surface area contributed by atoms with Gasteiger partial charge in [-0.05, 0) is 25.1 Å². The normalized spacial score (nSPS) is 13.4. The number of amides is 1. The van der Waals surface area contributed by atoms with E-state index in [9.17, 15) is 14.0 Å². The van der Waals surface area contributed by atoms with Gasteiger partial charge in [0, 0.05) is 13.0 Å². The Hall–Kier alpha value is -2.15. The lowest BCUT2D eigenvalue weighted by Gasteiger charge is -2.14. The van der Waals surface area contributed by atoms with Crippen LogP contribution in [0.3, 0.4) is 0 Å². The van der Waals surface area contributed by atoms with Gasteiger partial charge in [0.2, 0.25) is 0 Å². The van der Waals surface area contributed by atoms with Gasteiger partial charge in [-0.1, -0.05) is 0 Å². The van der Waals surface area contributed by atoms with Crippen molar-refractivity contribution in [1.29, 1.82) is 0 Å². The van der Waals surface area contributed by atoms with Crippen LogP contribution in [-0.4, -0.2) is 18.2 Å². The maximum absolute atomic E-state index is 13.1. The van der Waals surface area contributed by atoms with Gasteiger partial charge in [-0.2, -0.15) is 0 Å². The summed E-state index contributed by atoms with van der Waals surface area (Å²) in [7, 11) is 0. The molecule has 1 heterocycles. The van der Waals surface area contributed by atoms with E-state index >= 15 is 0 Å². The number of hydrogen-bond donors (Lipinski definition) is 0. The van der Waals surface area contributed by atoms with Crippen molar-refractivity contribution in [1.82, 2.24) is 0 Å². The fourth-order valence-corrected chi connectivity index (χ4v) is 1.78. The smallest absolute Gasteiger partial charge is 0.299 e. The van der Waals surface area contributed by atoms with Crippen LogP contribution >= 0.6 is 0 Å². The summed E-state index contributed by atoms with van der Waals surface area (Å²) in [6.07, 6.45) is 0.464. The molecule has 4 heteroatoms. The van der Waals surface area contributed by atoms with Crippen molar-refractivity contribution >= 4 is 17.4 Å². The van der Waals surface area contributed by atoms with Crippen LogP contribution in [0.15, 0.2) is 18.2 Å². The number of carbonyl (C=O) groups excluding carboxylic acids is 2. The Morgan fingerprint density at radius 1 is 1.35 bits per heavy atom. The van der Waals surface area contributed by atoms with Crippen LogP contribution < -0.4 is 4.90 Å². The number of nitrogens with zero attached hydrogens (tertiary/aromatic N) is 1. The molecule has 0 aromatic heterocycles. The molecular weight excluding hydrogens is 221 g/mol. The van der Waals surface area contributed by atoms with Crippen LogP contribution in [0.25, 0.3) is 0 Å². The molecule has 2 rings (SSSR count). The lowest BCUT2D eigenvalue weighted by Crippen LogP contribution is -2.30. The number of anilines is 1. The van der Waals surface area contributed by atoms with Crippen LogP contribution in [0.1, 0.15) is 23.7 Å². The number of hydrogen-bond acceptors (Lipinski definition) is 2. The van der Waals surface area contributed by atoms with Crippen LogP contribution in [0, 0.1) is 17.7 Å². The van der Waals surface area contributed by atoms with Gasteiger partial charge in [-0.15, -0.1) is 11.8 Å². The number of carbonyl (C=O) groups is 2. The van der Waals surface area contributed by atoms with E-state index in [0.717, 1.165) is 0 Å². The first-order chi connectivity index (χ1) is 8.15. The van der Waals surface area contributed by atoms with Gasteiger partial charge in [0.25, 0.3) is 11.7 Å². The highest BCUT2D eigenvalue weighted by atomic mass is 19.1. The van der Waals surface area contributed by atoms with Crippen molar-refractivity contribution in [3.8, 4) is 11.8 Å². The maximum Gasteiger partial charge on any atom is 0.299 e. The van der Waals surface area contributed by atoms with E-state index in [-0.39, 0.29) is 5.56 Å². The Kier molecular flexibility index (Phi) is 2.92. The van der Waals surface area contributed by atoms with Crippen molar-refractivity contribution in [2.75, 3.05) is 11.4 Å². The molecule has 1 aromatic carbocycles. The second-order valence-corrected chi connectivity index (χ2v) is 3.62. The minimum Gasteiger partial charge on any atom is -0.304 e. The summed E-state index contributed by atoms with van der Waals surface area (Å²) >= 11 is 0. The van der Waals surface area contributed by atoms with E-state index < -0.39 is 17.5 Å². The van der Waals surface area contributed by atoms with E-state index in [1.807, 2.05) is 0 Å². The molecule has 0 radical (unpaired) electrons. The molecule has 1 aliphatic rings. The predicted octanol–water partition coefficient (Wildman–Crippen LogP) is 1.77. The number of benzene rings is 1. The van der Waals surface area contributed by atoms with Crippen molar-refractivity contribution in [3.05, 3.63) is 29.6 Å². The van der Waals surface area contributed by atoms with Gasteiger partial charge in [0.1, 0.15) is 5.82 Å². The Balaban J connectivity index is 2.34. The highest BCUT2D eigenvalue weighted by Crippen LogP contribution is 2.29. The maximum atomic E-state index is 13.1. The average Bonchev–Trinajstić information content (AvgIpc) is 2.54. The molecule has 0 unspecified atom stereocenters. The molecular formula is C13H10FNO2. The summed E-state index contributed by atoms with van der Waals surface area (Å²) in [5, 5.41) is 0. The minimum atomic E-state index is -0.608. The summed E-state index contributed by atoms with van der Waals surface area (Å²) in [6.45, 7) is 2.01. The van der Waals surface area contributed by atoms with Gasteiger partial charge in [0.15, 0.2) is 0 Å². The summed E-state index contributed by atoms with van der Waals surface area (Å²) in [4.78, 5) is 24.6. The number of fused-ring (bicyclic) bond motifs is 1. The third-order valence-electron chi connectivity index (χ3n) is 2.57. The lowest BCUT2D eigenvalue weighted by atomic mass is 10.1. The van der Waals surface area contributed by atoms with E-state index in [1.54, 1.807) is 6.92 Å². The molecule has 0 N–H and O–H groups in total. The van der Waals surface area contributed by atoms with Crippen LogP contribution in [0.5, 0.6) is 0 Å². The molecule has 0 fully saturated rings. The van der Waals surface area contributed by atoms with Crippen molar-refractivity contribution in [2.45, 2.75) is 13.3 Å². The highest BCUT2D eigenvalue weighted by molar-refractivity contribution is 6.52. The van der Waals surface area contributed by atoms with Gasteiger partial charge in [0.05, 0.1) is 11.3 Å². The highest BCUT2D eigenvalue weighted by Gasteiger charge is 2.35. The van der Waals surface area contributed by atoms with Crippen molar-refractivity contribution in [2.24, 2.45) is 0 Å². The van der Waals surface area contributed by atoms with Gasteiger partial charge in [-0.3, -0.25) is 9.59 Å². The topological polar surface area (TPSA) is 37.4 Å². The molecule has 1 amide bonds. The van der Waals surface area contributed by atoms with Gasteiger partial charge < -0.3 is 4.90 Å². The molecule has 0 bridgehead atoms. The molecule has 1 aromatic rings. The van der Waals surface area contributed by atoms with E-state index in [0.29, 0.717) is 18.7 Å². The largest absolute Gasteiger partial charge is 0.304 e. The van der Waals surface area contributed by atoms with Crippen LogP contribution in [0.2, 0.25) is 0 Å². The zero-order valence-electron chi connectivity index (χ0n) is 9.29. The Morgan fingerprint density at radius 3 is 2.82 bits per heavy atom. The van der Waals surface area contributed by atoms with Crippen LogP contribution in [0.4, 0.5) is 10.1 Å². The first-order valence-corrected chi connectivity index (χ1v) is 5.20. The first kappa shape index (κ1) is 11.3. The monoisotopic (exact) mass is 231 g/mol. The molecule has 0 spiro atoms. The molecule has 1 aliphatic heterocycles. The third kappa shape index (κ3) is 1.92. The van der Waals surface area contributed by atoms with Crippen LogP contribution in [-0.2, 0) is 4.79 Å². The molecule has 17 heavy (non-hydrogen) atoms. The van der Waals surface area contributed by atoms with E-state index in [2.05, 4.69) is 11.8 Å². The number of ketones is 1. The fraction of sp³-hybridized carbons (Fsp3) is 0.231. The second-order valence-electron chi connectivity index (χ2n) is 3.62. The first-order valence-electron chi connectivity index (χ1n) is 5.20. The molecule has 0 saturated carbocycles. The van der Waals surface area contributed by atoms with Crippen molar-refractivity contribution < 1.29 is 14.0 Å². The predicted molar refractivity (Wildman–Crippen MR) is 61.2 cm³/mol. The Morgan fingerprint density at radius 2 is 2.12 bits per heavy atom. The lowest BCUT2D eigenvalue weighted by molar-refractivity contribution is -0.114. The Labute approximate surface area is 98.2 Å². The summed E-state index contributed by atoms with van der Waals surface area (Å²) < 4.78 is 13.1. The zero-order chi connectivity index (χ0) is 12.4. The van der Waals surface area contributed by atoms with E-state index in [4.69, 9.17) is 0 Å². The summed E-state index contributed by atoms with van der Waals surface area (Å²) in [5.74, 6) is 3.87. The summed E-state index contributed by atoms with van der Waals surface area (Å²) in [6, 6.07) is 3.73. The zero-order valence-corrected chi connectivity index (χ0v) is 9.29. The summed E-state index contributed by atoms with van der Waals surface area (Å²) in [5.41, 5.74) is 0.610. The SMILES string of the molecule is CC#CCCN1C(=O)C(=O)c2ccc(F)cc21. The van der Waals surface area contributed by atoms with Crippen molar-refractivity contribution in [3.63, 3.8) is 0 Å². The number of rotatable bonds is 2. The average molecular weight is 231 g/mol. The molecule has 3 nitrogen and oxygen atoms in total. The standard InChI is InChI=1S/C13H10FNO2/c1-2-3-4-7-15-11-8-9(14)5-6-10(11)12(16)13(15)17/h5-6,8H,4,7H2,1H3. The molecule has 0 saturated heterocycles. The second kappa shape index (κ2) is 4.38. The minimum absolute atomic E-state index is 0.265. The fourth-order valence-electron chi connectivity index (χ4n) is 1.78. The number of Topliss-reactive ketones (excluding diaryl/α,β-unsaturated/α-hetero) is 1. The quantitative estimate of drug-likeness (QED) is 0.574. The third-order valence-corrected chi connectivity index (χ3v) is 2.57. The van der Waals surface area contributed by atoms with E-state index in [1.165, 1.54) is 23.1 Å². The molecule has 86 valence electrons. The number of halogens is 1. The van der Waals surface area contributed by atoms with Gasteiger partial charge in [-0.25, -0.2) is 4.39 Å². The van der Waals surface area contributed by atoms with Gasteiger partial charge >= 0.3 is 0 Å². The molecule has 0 atom stereocenters. The molecule has 0 aliphatic carbocycles.